The van der Waals surface area contributed by atoms with Gasteiger partial charge in [-0.3, -0.25) is 14.4 Å². The third kappa shape index (κ3) is 6.30. The summed E-state index contributed by atoms with van der Waals surface area (Å²) in [6, 6.07) is 18.3. The fourth-order valence-corrected chi connectivity index (χ4v) is 7.90. The number of allylic oxidation sites excluding steroid dienone is 5. The van der Waals surface area contributed by atoms with Crippen LogP contribution in [-0.4, -0.2) is 41.2 Å². The summed E-state index contributed by atoms with van der Waals surface area (Å²) in [5.74, 6) is -0.388. The lowest BCUT2D eigenvalue weighted by atomic mass is 9.63. The van der Waals surface area contributed by atoms with Crippen molar-refractivity contribution in [2.45, 2.75) is 78.7 Å². The summed E-state index contributed by atoms with van der Waals surface area (Å²) in [5, 5.41) is 11.9. The number of carboxylic acids is 1. The van der Waals surface area contributed by atoms with E-state index in [0.717, 1.165) is 38.9 Å². The van der Waals surface area contributed by atoms with Crippen molar-refractivity contribution in [3.05, 3.63) is 106 Å². The summed E-state index contributed by atoms with van der Waals surface area (Å²) in [4.78, 5) is 42.2. The van der Waals surface area contributed by atoms with Crippen LogP contribution in [0.25, 0.3) is 10.8 Å². The predicted octanol–water partition coefficient (Wildman–Crippen LogP) is 8.32. The van der Waals surface area contributed by atoms with Crippen molar-refractivity contribution < 1.29 is 29.0 Å². The van der Waals surface area contributed by atoms with Crippen LogP contribution >= 0.6 is 0 Å². The Morgan fingerprint density at radius 2 is 1.54 bits per heavy atom. The molecule has 7 heteroatoms. The Morgan fingerprint density at radius 1 is 0.917 bits per heavy atom. The number of carbonyl (C=O) groups is 3. The number of methoxy groups -OCH3 is 1. The summed E-state index contributed by atoms with van der Waals surface area (Å²) in [7, 11) is 1.61. The lowest BCUT2D eigenvalue weighted by molar-refractivity contribution is -0.137. The number of hydrogen-bond acceptors (Lipinski definition) is 6. The molecule has 0 radical (unpaired) electrons. The van der Waals surface area contributed by atoms with Crippen LogP contribution < -0.4 is 9.47 Å². The Hall–Kier alpha value is -4.65. The summed E-state index contributed by atoms with van der Waals surface area (Å²) >= 11 is 0. The first-order valence-corrected chi connectivity index (χ1v) is 16.8. The van der Waals surface area contributed by atoms with Gasteiger partial charge in [0.2, 0.25) is 0 Å². The minimum absolute atomic E-state index is 0.00345. The molecule has 0 atom stereocenters. The topological polar surface area (TPSA) is 93.1 Å². The normalized spacial score (nSPS) is 18.9. The number of nitrogens with zero attached hydrogens (tertiary/aromatic N) is 1. The van der Waals surface area contributed by atoms with Crippen molar-refractivity contribution in [3.63, 3.8) is 0 Å². The van der Waals surface area contributed by atoms with E-state index in [1.807, 2.05) is 41.3 Å². The molecule has 1 N–H and O–H groups in total. The van der Waals surface area contributed by atoms with Crippen LogP contribution in [-0.2, 0) is 27.4 Å². The van der Waals surface area contributed by atoms with Gasteiger partial charge in [0, 0.05) is 53.4 Å². The molecule has 1 heterocycles. The Balaban J connectivity index is 1.51. The highest BCUT2D eigenvalue weighted by molar-refractivity contribution is 6.07. The van der Waals surface area contributed by atoms with Gasteiger partial charge in [-0.25, -0.2) is 0 Å². The van der Waals surface area contributed by atoms with Crippen LogP contribution in [0, 0.1) is 10.8 Å². The Kier molecular flexibility index (Phi) is 8.84. The number of aliphatic carboxylic acids is 1. The molecular formula is C41H45NO6. The number of Topliss-reactive ketones (excluding diaryl/α,β-unsaturated/α-hetero) is 2. The van der Waals surface area contributed by atoms with Gasteiger partial charge in [-0.1, -0.05) is 82.3 Å². The maximum Gasteiger partial charge on any atom is 0.305 e. The Labute approximate surface area is 282 Å². The van der Waals surface area contributed by atoms with Crippen LogP contribution in [0.5, 0.6) is 11.5 Å². The van der Waals surface area contributed by atoms with Gasteiger partial charge in [0.25, 0.3) is 0 Å². The summed E-state index contributed by atoms with van der Waals surface area (Å²) in [6.45, 7) is 12.8. The molecule has 0 saturated carbocycles. The van der Waals surface area contributed by atoms with Crippen molar-refractivity contribution in [1.82, 2.24) is 4.90 Å². The van der Waals surface area contributed by atoms with E-state index < -0.39 is 11.9 Å². The van der Waals surface area contributed by atoms with Gasteiger partial charge in [-0.2, -0.15) is 0 Å². The number of benzene rings is 3. The Bertz CT molecular complexity index is 1830. The summed E-state index contributed by atoms with van der Waals surface area (Å²) < 4.78 is 12.5. The molecule has 0 fully saturated rings. The maximum absolute atomic E-state index is 14.2. The van der Waals surface area contributed by atoms with E-state index in [2.05, 4.69) is 58.5 Å². The smallest absolute Gasteiger partial charge is 0.305 e. The fraction of sp³-hybridized carbons (Fsp3) is 0.390. The van der Waals surface area contributed by atoms with Crippen LogP contribution in [0.15, 0.2) is 89.8 Å². The van der Waals surface area contributed by atoms with Crippen LogP contribution in [0.4, 0.5) is 0 Å². The second kappa shape index (κ2) is 12.8. The molecule has 6 rings (SSSR count). The third-order valence-electron chi connectivity index (χ3n) is 9.89. The van der Waals surface area contributed by atoms with Gasteiger partial charge in [0.1, 0.15) is 6.61 Å². The number of ether oxygens (including phenoxy) is 2. The maximum atomic E-state index is 14.2. The molecule has 48 heavy (non-hydrogen) atoms. The van der Waals surface area contributed by atoms with E-state index in [-0.39, 0.29) is 35.4 Å². The van der Waals surface area contributed by atoms with E-state index in [4.69, 9.17) is 9.47 Å². The molecule has 0 aromatic heterocycles. The predicted molar refractivity (Wildman–Crippen MR) is 187 cm³/mol. The SMILES string of the molecule is C=CCc1cc(C2C3=C(CC(C)(C)CC3=O)N(CCC(=O)O)C3=C2C(=O)CC(C)(C)C3)cc(OC)c1OCc1cccc2ccccc12. The van der Waals surface area contributed by atoms with Crippen molar-refractivity contribution in [2.24, 2.45) is 10.8 Å². The average molecular weight is 648 g/mol. The number of ketones is 2. The molecule has 3 aromatic carbocycles. The molecule has 0 bridgehead atoms. The first-order chi connectivity index (χ1) is 22.8. The Morgan fingerprint density at radius 3 is 2.15 bits per heavy atom. The standard InChI is InChI=1S/C41H45NO6/c1-7-11-26-18-28(19-34(47-6)39(26)48-24-27-14-10-13-25-12-8-9-15-29(25)27)36-37-30(20-40(2,3)22-32(37)43)42(17-16-35(45)46)31-21-41(4,5)23-33(44)38(31)36/h7-10,12-15,18-19,36H,1,11,16-17,20-24H2,2-6H3,(H,45,46). The lowest BCUT2D eigenvalue weighted by Gasteiger charge is -2.49. The zero-order valence-electron chi connectivity index (χ0n) is 28.7. The van der Waals surface area contributed by atoms with E-state index in [9.17, 15) is 19.5 Å². The van der Waals surface area contributed by atoms with Crippen LogP contribution in [0.1, 0.15) is 82.4 Å². The minimum Gasteiger partial charge on any atom is -0.493 e. The molecule has 3 aromatic rings. The van der Waals surface area contributed by atoms with E-state index in [1.165, 1.54) is 0 Å². The molecule has 0 unspecified atom stereocenters. The molecule has 1 aliphatic heterocycles. The fourth-order valence-electron chi connectivity index (χ4n) is 7.90. The molecule has 3 aliphatic rings. The first-order valence-electron chi connectivity index (χ1n) is 16.8. The highest BCUT2D eigenvalue weighted by Crippen LogP contribution is 2.55. The van der Waals surface area contributed by atoms with E-state index in [0.29, 0.717) is 61.4 Å². The summed E-state index contributed by atoms with van der Waals surface area (Å²) in [6.07, 6.45) is 4.13. The molecule has 0 saturated heterocycles. The second-order valence-corrected chi connectivity index (χ2v) is 15.0. The quantitative estimate of drug-likeness (QED) is 0.221. The van der Waals surface area contributed by atoms with Gasteiger partial charge >= 0.3 is 5.97 Å². The monoisotopic (exact) mass is 647 g/mol. The number of rotatable bonds is 10. The highest BCUT2D eigenvalue weighted by Gasteiger charge is 2.49. The minimum atomic E-state index is -0.915. The number of fused-ring (bicyclic) bond motifs is 1. The number of carboxylic acid groups (broad SMARTS) is 1. The van der Waals surface area contributed by atoms with Crippen molar-refractivity contribution in [1.29, 1.82) is 0 Å². The summed E-state index contributed by atoms with van der Waals surface area (Å²) in [5.41, 5.74) is 4.96. The number of hydrogen-bond donors (Lipinski definition) is 1. The van der Waals surface area contributed by atoms with Crippen LogP contribution in [0.3, 0.4) is 0 Å². The second-order valence-electron chi connectivity index (χ2n) is 15.0. The molecule has 7 nitrogen and oxygen atoms in total. The van der Waals surface area contributed by atoms with Gasteiger partial charge < -0.3 is 19.5 Å². The van der Waals surface area contributed by atoms with Gasteiger partial charge in [0.15, 0.2) is 23.1 Å². The van der Waals surface area contributed by atoms with E-state index in [1.54, 1.807) is 7.11 Å². The molecular weight excluding hydrogens is 602 g/mol. The molecule has 0 amide bonds. The first kappa shape index (κ1) is 33.3. The van der Waals surface area contributed by atoms with E-state index >= 15 is 0 Å². The third-order valence-corrected chi connectivity index (χ3v) is 9.89. The van der Waals surface area contributed by atoms with Crippen molar-refractivity contribution in [3.8, 4) is 11.5 Å². The number of carbonyl (C=O) groups excluding carboxylic acids is 2. The largest absolute Gasteiger partial charge is 0.493 e. The lowest BCUT2D eigenvalue weighted by Crippen LogP contribution is -2.45. The van der Waals surface area contributed by atoms with Gasteiger partial charge in [0.05, 0.1) is 13.5 Å². The molecule has 2 aliphatic carbocycles. The average Bonchev–Trinajstić information content (AvgIpc) is 3.01. The van der Waals surface area contributed by atoms with Gasteiger partial charge in [-0.05, 0) is 58.1 Å². The zero-order chi connectivity index (χ0) is 34.4. The zero-order valence-corrected chi connectivity index (χ0v) is 28.7. The highest BCUT2D eigenvalue weighted by atomic mass is 16.5. The van der Waals surface area contributed by atoms with Gasteiger partial charge in [-0.15, -0.1) is 6.58 Å². The van der Waals surface area contributed by atoms with Crippen molar-refractivity contribution in [2.75, 3.05) is 13.7 Å². The van der Waals surface area contributed by atoms with Crippen molar-refractivity contribution >= 4 is 28.3 Å². The molecule has 0 spiro atoms. The van der Waals surface area contributed by atoms with Crippen LogP contribution in [0.2, 0.25) is 0 Å². The molecule has 250 valence electrons.